The van der Waals surface area contributed by atoms with Gasteiger partial charge in [0.25, 0.3) is 0 Å². The van der Waals surface area contributed by atoms with E-state index in [2.05, 4.69) is 29.7 Å². The number of aryl methyl sites for hydroxylation is 1. The Hall–Kier alpha value is -2.82. The van der Waals surface area contributed by atoms with Crippen molar-refractivity contribution < 1.29 is 9.47 Å². The summed E-state index contributed by atoms with van der Waals surface area (Å²) in [5, 5.41) is 1.14. The van der Waals surface area contributed by atoms with E-state index in [1.54, 1.807) is 14.2 Å². The van der Waals surface area contributed by atoms with Gasteiger partial charge in [-0.2, -0.15) is 0 Å². The minimum Gasteiger partial charge on any atom is -0.493 e. The number of ether oxygens (including phenoxy) is 2. The van der Waals surface area contributed by atoms with E-state index in [1.807, 2.05) is 18.2 Å². The summed E-state index contributed by atoms with van der Waals surface area (Å²) in [6.45, 7) is 3.14. The largest absolute Gasteiger partial charge is 0.493 e. The molecule has 0 aliphatic carbocycles. The molecule has 0 aliphatic rings. The highest BCUT2D eigenvalue weighted by atomic mass is 16.5. The highest BCUT2D eigenvalue weighted by Gasteiger charge is 2.15. The Kier molecular flexibility index (Phi) is 3.92. The normalized spacial score (nSPS) is 11.5. The van der Waals surface area contributed by atoms with Gasteiger partial charge in [0.2, 0.25) is 0 Å². The summed E-state index contributed by atoms with van der Waals surface area (Å²) in [5.74, 6) is 1.33. The molecule has 0 amide bonds. The van der Waals surface area contributed by atoms with Crippen LogP contribution < -0.4 is 9.47 Å². The summed E-state index contributed by atoms with van der Waals surface area (Å²) in [6, 6.07) is 12.1. The Morgan fingerprint density at radius 2 is 1.64 bits per heavy atom. The molecule has 0 aliphatic heterocycles. The van der Waals surface area contributed by atoms with Crippen LogP contribution in [0.4, 0.5) is 0 Å². The van der Waals surface area contributed by atoms with Gasteiger partial charge in [-0.15, -0.1) is 0 Å². The highest BCUT2D eigenvalue weighted by Crippen LogP contribution is 2.33. The molecule has 0 bridgehead atoms. The molecule has 0 N–H and O–H groups in total. The maximum atomic E-state index is 5.41. The van der Waals surface area contributed by atoms with Gasteiger partial charge in [-0.1, -0.05) is 31.5 Å². The molecule has 0 unspecified atom stereocenters. The molecule has 4 aromatic rings. The van der Waals surface area contributed by atoms with Crippen molar-refractivity contribution in [2.45, 2.75) is 26.3 Å². The number of nitrogens with zero attached hydrogens (tertiary/aromatic N) is 3. The van der Waals surface area contributed by atoms with Crippen molar-refractivity contribution in [2.24, 2.45) is 0 Å². The Morgan fingerprint density at radius 1 is 0.960 bits per heavy atom. The summed E-state index contributed by atoms with van der Waals surface area (Å²) in [4.78, 5) is 9.82. The van der Waals surface area contributed by atoms with Crippen LogP contribution in [0.2, 0.25) is 0 Å². The van der Waals surface area contributed by atoms with Crippen LogP contribution >= 0.6 is 0 Å². The number of rotatable bonds is 5. The zero-order valence-electron chi connectivity index (χ0n) is 14.7. The molecule has 0 saturated heterocycles. The van der Waals surface area contributed by atoms with Crippen LogP contribution in [-0.2, 0) is 6.54 Å². The van der Waals surface area contributed by atoms with Crippen LogP contribution in [0.3, 0.4) is 0 Å². The van der Waals surface area contributed by atoms with Crippen molar-refractivity contribution in [3.63, 3.8) is 0 Å². The molecule has 2 aromatic carbocycles. The molecule has 5 nitrogen and oxygen atoms in total. The molecule has 0 atom stereocenters. The maximum Gasteiger partial charge on any atom is 0.163 e. The molecular weight excluding hydrogens is 314 g/mol. The number of hydrogen-bond donors (Lipinski definition) is 0. The number of methoxy groups -OCH3 is 2. The fourth-order valence-electron chi connectivity index (χ4n) is 3.31. The molecule has 5 heteroatoms. The Bertz CT molecular complexity index is 1070. The van der Waals surface area contributed by atoms with Crippen LogP contribution in [0.5, 0.6) is 11.5 Å². The third-order valence-electron chi connectivity index (χ3n) is 4.59. The zero-order chi connectivity index (χ0) is 17.4. The highest BCUT2D eigenvalue weighted by molar-refractivity contribution is 6.06. The van der Waals surface area contributed by atoms with Crippen molar-refractivity contribution in [1.29, 1.82) is 0 Å². The summed E-state index contributed by atoms with van der Waals surface area (Å²) in [6.07, 6.45) is 2.25. The van der Waals surface area contributed by atoms with E-state index in [0.717, 1.165) is 47.0 Å². The van der Waals surface area contributed by atoms with E-state index < -0.39 is 0 Å². The van der Waals surface area contributed by atoms with Gasteiger partial charge in [-0.05, 0) is 12.5 Å². The second-order valence-corrected chi connectivity index (χ2v) is 6.11. The third-order valence-corrected chi connectivity index (χ3v) is 4.59. The molecule has 0 saturated carbocycles. The lowest BCUT2D eigenvalue weighted by Crippen LogP contribution is -2.00. The molecule has 128 valence electrons. The quantitative estimate of drug-likeness (QED) is 0.537. The van der Waals surface area contributed by atoms with Gasteiger partial charge in [-0.3, -0.25) is 0 Å². The third kappa shape index (κ3) is 2.47. The minimum absolute atomic E-state index is 0.665. The van der Waals surface area contributed by atoms with Gasteiger partial charge >= 0.3 is 0 Å². The second kappa shape index (κ2) is 6.24. The van der Waals surface area contributed by atoms with E-state index >= 15 is 0 Å². The van der Waals surface area contributed by atoms with Gasteiger partial charge in [-0.25, -0.2) is 9.97 Å². The van der Waals surface area contributed by atoms with Crippen LogP contribution in [0, 0.1) is 0 Å². The fourth-order valence-corrected chi connectivity index (χ4v) is 3.31. The molecular formula is C20H21N3O2. The summed E-state index contributed by atoms with van der Waals surface area (Å²) < 4.78 is 13.1. The smallest absolute Gasteiger partial charge is 0.163 e. The molecule has 4 rings (SSSR count). The van der Waals surface area contributed by atoms with Gasteiger partial charge < -0.3 is 14.0 Å². The molecule has 25 heavy (non-hydrogen) atoms. The van der Waals surface area contributed by atoms with Gasteiger partial charge in [0.1, 0.15) is 5.52 Å². The molecule has 2 aromatic heterocycles. The molecule has 0 radical (unpaired) electrons. The average molecular weight is 335 g/mol. The van der Waals surface area contributed by atoms with E-state index in [9.17, 15) is 0 Å². The van der Waals surface area contributed by atoms with E-state index in [4.69, 9.17) is 19.4 Å². The Labute approximate surface area is 146 Å². The number of unbranched alkanes of at least 4 members (excludes halogenated alkanes) is 1. The van der Waals surface area contributed by atoms with E-state index in [-0.39, 0.29) is 0 Å². The van der Waals surface area contributed by atoms with E-state index in [1.165, 1.54) is 5.52 Å². The first kappa shape index (κ1) is 15.7. The lowest BCUT2D eigenvalue weighted by atomic mass is 10.2. The van der Waals surface area contributed by atoms with Crippen molar-refractivity contribution in [3.8, 4) is 11.5 Å². The molecule has 0 fully saturated rings. The molecule has 0 spiro atoms. The van der Waals surface area contributed by atoms with Gasteiger partial charge in [0.15, 0.2) is 17.1 Å². The topological polar surface area (TPSA) is 49.2 Å². The monoisotopic (exact) mass is 335 g/mol. The van der Waals surface area contributed by atoms with Gasteiger partial charge in [0.05, 0.1) is 30.8 Å². The summed E-state index contributed by atoms with van der Waals surface area (Å²) in [7, 11) is 3.26. The average Bonchev–Trinajstić information content (AvgIpc) is 2.96. The lowest BCUT2D eigenvalue weighted by Gasteiger charge is -2.09. The van der Waals surface area contributed by atoms with E-state index in [0.29, 0.717) is 11.5 Å². The number of benzene rings is 2. The number of aromatic nitrogens is 3. The fraction of sp³-hybridized carbons (Fsp3) is 0.300. The van der Waals surface area contributed by atoms with Crippen molar-refractivity contribution in [3.05, 3.63) is 36.4 Å². The van der Waals surface area contributed by atoms with Gasteiger partial charge in [0, 0.05) is 24.1 Å². The SMILES string of the molecule is CCCCn1c2ccccc2c2nc3cc(OC)c(OC)cc3nc21. The number of fused-ring (bicyclic) bond motifs is 4. The standard InChI is InChI=1S/C20H21N3O2/c1-4-5-10-23-16-9-7-6-8-13(16)19-20(23)22-15-12-18(25-3)17(24-2)11-14(15)21-19/h6-9,11-12H,4-5,10H2,1-3H3. The predicted octanol–water partition coefficient (Wildman–Crippen LogP) is 4.56. The second-order valence-electron chi connectivity index (χ2n) is 6.11. The first-order chi connectivity index (χ1) is 12.3. The first-order valence-electron chi connectivity index (χ1n) is 8.57. The molecule has 2 heterocycles. The van der Waals surface area contributed by atoms with Crippen LogP contribution in [0.1, 0.15) is 19.8 Å². The summed E-state index contributed by atoms with van der Waals surface area (Å²) >= 11 is 0. The number of para-hydroxylation sites is 1. The maximum absolute atomic E-state index is 5.41. The van der Waals surface area contributed by atoms with Crippen LogP contribution in [0.15, 0.2) is 36.4 Å². The summed E-state index contributed by atoms with van der Waals surface area (Å²) in [5.41, 5.74) is 4.66. The van der Waals surface area contributed by atoms with Crippen molar-refractivity contribution in [1.82, 2.24) is 14.5 Å². The first-order valence-corrected chi connectivity index (χ1v) is 8.57. The van der Waals surface area contributed by atoms with Crippen molar-refractivity contribution >= 4 is 33.1 Å². The van der Waals surface area contributed by atoms with Crippen LogP contribution in [-0.4, -0.2) is 28.8 Å². The predicted molar refractivity (Wildman–Crippen MR) is 101 cm³/mol. The zero-order valence-corrected chi connectivity index (χ0v) is 14.7. The Balaban J connectivity index is 2.07. The van der Waals surface area contributed by atoms with Crippen molar-refractivity contribution in [2.75, 3.05) is 14.2 Å². The Morgan fingerprint density at radius 3 is 2.32 bits per heavy atom. The van der Waals surface area contributed by atoms with Crippen LogP contribution in [0.25, 0.3) is 33.1 Å². The minimum atomic E-state index is 0.665. The lowest BCUT2D eigenvalue weighted by molar-refractivity contribution is 0.355. The number of hydrogen-bond acceptors (Lipinski definition) is 4.